The lowest BCUT2D eigenvalue weighted by Gasteiger charge is -2.29. The second-order valence-electron chi connectivity index (χ2n) is 4.50. The topological polar surface area (TPSA) is 24.1 Å². The first-order chi connectivity index (χ1) is 5.68. The smallest absolute Gasteiger partial charge is 0.0195 e. The molecule has 0 aromatic heterocycles. The fraction of sp³-hybridized carbons (Fsp3) is 1.00. The maximum atomic E-state index is 3.59. The molecule has 1 aliphatic rings. The Morgan fingerprint density at radius 1 is 1.42 bits per heavy atom. The summed E-state index contributed by atoms with van der Waals surface area (Å²) in [6.07, 6.45) is 1.33. The van der Waals surface area contributed by atoms with Crippen molar-refractivity contribution < 1.29 is 0 Å². The highest BCUT2D eigenvalue weighted by Crippen LogP contribution is 2.09. The number of piperidine rings is 1. The molecule has 1 fully saturated rings. The summed E-state index contributed by atoms with van der Waals surface area (Å²) in [6.45, 7) is 10.3. The van der Waals surface area contributed by atoms with Crippen molar-refractivity contribution in [2.24, 2.45) is 11.8 Å². The lowest BCUT2D eigenvalue weighted by Crippen LogP contribution is -2.47. The van der Waals surface area contributed by atoms with Crippen LogP contribution in [-0.2, 0) is 0 Å². The van der Waals surface area contributed by atoms with Crippen molar-refractivity contribution in [3.05, 3.63) is 0 Å². The van der Waals surface area contributed by atoms with Gasteiger partial charge in [-0.3, -0.25) is 0 Å². The Labute approximate surface area is 76.1 Å². The van der Waals surface area contributed by atoms with Crippen molar-refractivity contribution in [3.8, 4) is 0 Å². The van der Waals surface area contributed by atoms with Crippen LogP contribution in [0.15, 0.2) is 0 Å². The average Bonchev–Trinajstić information content (AvgIpc) is 2.01. The molecule has 12 heavy (non-hydrogen) atoms. The predicted molar refractivity (Wildman–Crippen MR) is 53.3 cm³/mol. The van der Waals surface area contributed by atoms with Gasteiger partial charge in [0.2, 0.25) is 0 Å². The van der Waals surface area contributed by atoms with Gasteiger partial charge in [0.05, 0.1) is 0 Å². The molecule has 2 heteroatoms. The number of nitrogens with one attached hydrogen (secondary N) is 2. The van der Waals surface area contributed by atoms with Crippen molar-refractivity contribution in [2.75, 3.05) is 19.6 Å². The first-order valence-corrected chi connectivity index (χ1v) is 5.12. The lowest BCUT2D eigenvalue weighted by molar-refractivity contribution is 0.311. The van der Waals surface area contributed by atoms with Gasteiger partial charge in [-0.15, -0.1) is 0 Å². The molecule has 0 aliphatic carbocycles. The zero-order valence-corrected chi connectivity index (χ0v) is 8.56. The minimum Gasteiger partial charge on any atom is -0.315 e. The Bertz CT molecular complexity index is 123. The van der Waals surface area contributed by atoms with Crippen molar-refractivity contribution in [3.63, 3.8) is 0 Å². The van der Waals surface area contributed by atoms with Crippen LogP contribution in [0.1, 0.15) is 27.2 Å². The highest BCUT2D eigenvalue weighted by Gasteiger charge is 2.17. The molecule has 72 valence electrons. The van der Waals surface area contributed by atoms with Crippen LogP contribution in [0, 0.1) is 11.8 Å². The molecule has 0 bridgehead atoms. The van der Waals surface area contributed by atoms with E-state index in [1.165, 1.54) is 13.0 Å². The van der Waals surface area contributed by atoms with E-state index in [2.05, 4.69) is 31.4 Å². The van der Waals surface area contributed by atoms with E-state index in [1.807, 2.05) is 0 Å². The molecule has 0 aromatic carbocycles. The fourth-order valence-electron chi connectivity index (χ4n) is 1.71. The van der Waals surface area contributed by atoms with Crippen LogP contribution in [0.25, 0.3) is 0 Å². The largest absolute Gasteiger partial charge is 0.315 e. The SMILES string of the molecule is CC(C)CN[C@@H]1CNC[C@H](C)C1. The molecule has 0 saturated carbocycles. The Morgan fingerprint density at radius 3 is 2.75 bits per heavy atom. The lowest BCUT2D eigenvalue weighted by atomic mass is 9.97. The van der Waals surface area contributed by atoms with Gasteiger partial charge >= 0.3 is 0 Å². The third-order valence-corrected chi connectivity index (χ3v) is 2.39. The van der Waals surface area contributed by atoms with E-state index in [-0.39, 0.29) is 0 Å². The van der Waals surface area contributed by atoms with Gasteiger partial charge in [-0.25, -0.2) is 0 Å². The molecule has 0 unspecified atom stereocenters. The second kappa shape index (κ2) is 4.83. The molecule has 2 N–H and O–H groups in total. The first kappa shape index (κ1) is 10.0. The average molecular weight is 170 g/mol. The number of rotatable bonds is 3. The summed E-state index contributed by atoms with van der Waals surface area (Å²) in [6, 6.07) is 0.705. The van der Waals surface area contributed by atoms with Gasteiger partial charge < -0.3 is 10.6 Å². The summed E-state index contributed by atoms with van der Waals surface area (Å²) < 4.78 is 0. The van der Waals surface area contributed by atoms with Gasteiger partial charge in [0, 0.05) is 12.6 Å². The van der Waals surface area contributed by atoms with Crippen LogP contribution in [0.4, 0.5) is 0 Å². The highest BCUT2D eigenvalue weighted by molar-refractivity contribution is 4.78. The van der Waals surface area contributed by atoms with Gasteiger partial charge in [0.25, 0.3) is 0 Å². The van der Waals surface area contributed by atoms with Gasteiger partial charge in [-0.05, 0) is 31.3 Å². The maximum Gasteiger partial charge on any atom is 0.0195 e. The highest BCUT2D eigenvalue weighted by atomic mass is 15.0. The molecule has 0 aromatic rings. The zero-order valence-electron chi connectivity index (χ0n) is 8.56. The van der Waals surface area contributed by atoms with Crippen molar-refractivity contribution in [2.45, 2.75) is 33.2 Å². The standard InChI is InChI=1S/C10H22N2/c1-8(2)5-12-10-4-9(3)6-11-7-10/h8-12H,4-7H2,1-3H3/t9-,10+/m1/s1. The Balaban J connectivity index is 2.14. The van der Waals surface area contributed by atoms with Crippen LogP contribution in [-0.4, -0.2) is 25.7 Å². The Kier molecular flexibility index (Phi) is 4.02. The van der Waals surface area contributed by atoms with E-state index < -0.39 is 0 Å². The molecular weight excluding hydrogens is 148 g/mol. The van der Waals surface area contributed by atoms with Gasteiger partial charge in [-0.2, -0.15) is 0 Å². The zero-order chi connectivity index (χ0) is 8.97. The molecule has 1 aliphatic heterocycles. The number of hydrogen-bond acceptors (Lipinski definition) is 2. The molecule has 2 atom stereocenters. The van der Waals surface area contributed by atoms with Crippen LogP contribution < -0.4 is 10.6 Å². The molecule has 0 radical (unpaired) electrons. The molecule has 1 rings (SSSR count). The van der Waals surface area contributed by atoms with Crippen molar-refractivity contribution in [1.82, 2.24) is 10.6 Å². The summed E-state index contributed by atoms with van der Waals surface area (Å²) in [5, 5.41) is 7.03. The summed E-state index contributed by atoms with van der Waals surface area (Å²) in [5.41, 5.74) is 0. The third-order valence-electron chi connectivity index (χ3n) is 2.39. The van der Waals surface area contributed by atoms with Gasteiger partial charge in [-0.1, -0.05) is 20.8 Å². The maximum absolute atomic E-state index is 3.59. The molecule has 1 saturated heterocycles. The molecule has 2 nitrogen and oxygen atoms in total. The van der Waals surface area contributed by atoms with Crippen LogP contribution in [0.2, 0.25) is 0 Å². The Morgan fingerprint density at radius 2 is 2.17 bits per heavy atom. The van der Waals surface area contributed by atoms with Gasteiger partial charge in [0.15, 0.2) is 0 Å². The predicted octanol–water partition coefficient (Wildman–Crippen LogP) is 1.23. The minimum atomic E-state index is 0.705. The van der Waals surface area contributed by atoms with Crippen molar-refractivity contribution in [1.29, 1.82) is 0 Å². The summed E-state index contributed by atoms with van der Waals surface area (Å²) in [5.74, 6) is 1.60. The Hall–Kier alpha value is -0.0800. The quantitative estimate of drug-likeness (QED) is 0.665. The van der Waals surface area contributed by atoms with E-state index >= 15 is 0 Å². The minimum absolute atomic E-state index is 0.705. The van der Waals surface area contributed by atoms with Crippen LogP contribution >= 0.6 is 0 Å². The second-order valence-corrected chi connectivity index (χ2v) is 4.50. The summed E-state index contributed by atoms with van der Waals surface area (Å²) >= 11 is 0. The summed E-state index contributed by atoms with van der Waals surface area (Å²) in [7, 11) is 0. The van der Waals surface area contributed by atoms with Crippen LogP contribution in [0.3, 0.4) is 0 Å². The first-order valence-electron chi connectivity index (χ1n) is 5.12. The third kappa shape index (κ3) is 3.55. The summed E-state index contributed by atoms with van der Waals surface area (Å²) in [4.78, 5) is 0. The van der Waals surface area contributed by atoms with Gasteiger partial charge in [0.1, 0.15) is 0 Å². The normalized spacial score (nSPS) is 31.0. The molecule has 1 heterocycles. The van der Waals surface area contributed by atoms with E-state index in [4.69, 9.17) is 0 Å². The van der Waals surface area contributed by atoms with E-state index in [1.54, 1.807) is 0 Å². The fourth-order valence-corrected chi connectivity index (χ4v) is 1.71. The van der Waals surface area contributed by atoms with E-state index in [0.717, 1.165) is 24.9 Å². The van der Waals surface area contributed by atoms with E-state index in [0.29, 0.717) is 6.04 Å². The molecular formula is C10H22N2. The number of hydrogen-bond donors (Lipinski definition) is 2. The van der Waals surface area contributed by atoms with E-state index in [9.17, 15) is 0 Å². The molecule has 0 spiro atoms. The molecule has 0 amide bonds. The van der Waals surface area contributed by atoms with Crippen LogP contribution in [0.5, 0.6) is 0 Å². The van der Waals surface area contributed by atoms with Crippen molar-refractivity contribution >= 4 is 0 Å². The monoisotopic (exact) mass is 170 g/mol.